The highest BCUT2D eigenvalue weighted by Crippen LogP contribution is 2.27. The van der Waals surface area contributed by atoms with Crippen molar-refractivity contribution in [3.05, 3.63) is 33.9 Å². The summed E-state index contributed by atoms with van der Waals surface area (Å²) in [7, 11) is 1.26. The Morgan fingerprint density at radius 3 is 2.81 bits per heavy atom. The minimum atomic E-state index is -0.493. The van der Waals surface area contributed by atoms with E-state index >= 15 is 0 Å². The van der Waals surface area contributed by atoms with E-state index in [-0.39, 0.29) is 12.2 Å². The summed E-state index contributed by atoms with van der Waals surface area (Å²) in [4.78, 5) is 21.2. The highest BCUT2D eigenvalue weighted by atomic mass is 16.6. The van der Waals surface area contributed by atoms with Crippen LogP contribution in [-0.4, -0.2) is 24.5 Å². The molecule has 0 saturated heterocycles. The highest BCUT2D eigenvalue weighted by molar-refractivity contribution is 5.77. The van der Waals surface area contributed by atoms with Gasteiger partial charge in [-0.15, -0.1) is 0 Å². The van der Waals surface area contributed by atoms with Crippen molar-refractivity contribution in [1.29, 1.82) is 0 Å². The summed E-state index contributed by atoms with van der Waals surface area (Å²) in [5.74, 6) is -0.474. The first-order valence-corrected chi connectivity index (χ1v) is 4.61. The van der Waals surface area contributed by atoms with Gasteiger partial charge in [-0.3, -0.25) is 14.9 Å². The fourth-order valence-corrected chi connectivity index (χ4v) is 1.27. The monoisotopic (exact) mass is 224 g/mol. The maximum Gasteiger partial charge on any atom is 0.325 e. The van der Waals surface area contributed by atoms with Gasteiger partial charge in [0.1, 0.15) is 12.2 Å². The average Bonchev–Trinajstić information content (AvgIpc) is 2.26. The van der Waals surface area contributed by atoms with Crippen molar-refractivity contribution in [1.82, 2.24) is 0 Å². The molecule has 1 aromatic rings. The SMILES string of the molecule is COC(=O)CNc1c(C)cccc1[N+](=O)[O-]. The molecule has 0 aliphatic heterocycles. The first-order valence-electron chi connectivity index (χ1n) is 4.61. The van der Waals surface area contributed by atoms with Crippen LogP contribution >= 0.6 is 0 Å². The Labute approximate surface area is 92.4 Å². The summed E-state index contributed by atoms with van der Waals surface area (Å²) in [5, 5.41) is 13.4. The quantitative estimate of drug-likeness (QED) is 0.476. The Morgan fingerprint density at radius 2 is 2.25 bits per heavy atom. The Bertz CT molecular complexity index is 417. The van der Waals surface area contributed by atoms with Gasteiger partial charge in [0.2, 0.25) is 0 Å². The maximum atomic E-state index is 10.9. The van der Waals surface area contributed by atoms with Crippen LogP contribution in [0.25, 0.3) is 0 Å². The number of aryl methyl sites for hydroxylation is 1. The maximum absolute atomic E-state index is 10.9. The molecule has 0 heterocycles. The van der Waals surface area contributed by atoms with Crippen molar-refractivity contribution >= 4 is 17.3 Å². The summed E-state index contributed by atoms with van der Waals surface area (Å²) < 4.78 is 4.44. The molecule has 0 unspecified atom stereocenters. The number of hydrogen-bond donors (Lipinski definition) is 1. The van der Waals surface area contributed by atoms with E-state index in [1.165, 1.54) is 13.2 Å². The third-order valence-corrected chi connectivity index (χ3v) is 2.08. The van der Waals surface area contributed by atoms with Crippen LogP contribution in [0.4, 0.5) is 11.4 Å². The largest absolute Gasteiger partial charge is 0.468 e. The van der Waals surface area contributed by atoms with E-state index in [9.17, 15) is 14.9 Å². The number of hydrogen-bond acceptors (Lipinski definition) is 5. The second kappa shape index (κ2) is 5.11. The number of nitro groups is 1. The van der Waals surface area contributed by atoms with Crippen LogP contribution in [0, 0.1) is 17.0 Å². The number of carbonyl (C=O) groups excluding carboxylic acids is 1. The number of ether oxygens (including phenoxy) is 1. The lowest BCUT2D eigenvalue weighted by molar-refractivity contribution is -0.384. The normalized spacial score (nSPS) is 9.62. The molecule has 16 heavy (non-hydrogen) atoms. The number of para-hydroxylation sites is 1. The molecule has 0 aromatic heterocycles. The molecule has 1 aromatic carbocycles. The van der Waals surface area contributed by atoms with Crippen molar-refractivity contribution in [2.24, 2.45) is 0 Å². The number of benzene rings is 1. The molecular formula is C10H12N2O4. The fraction of sp³-hybridized carbons (Fsp3) is 0.300. The van der Waals surface area contributed by atoms with Crippen LogP contribution in [-0.2, 0) is 9.53 Å². The van der Waals surface area contributed by atoms with Crippen LogP contribution in [0.5, 0.6) is 0 Å². The van der Waals surface area contributed by atoms with Crippen LogP contribution in [0.1, 0.15) is 5.56 Å². The second-order valence-electron chi connectivity index (χ2n) is 3.16. The molecule has 1 rings (SSSR count). The molecule has 0 fully saturated rings. The van der Waals surface area contributed by atoms with Gasteiger partial charge in [-0.2, -0.15) is 0 Å². The van der Waals surface area contributed by atoms with Crippen molar-refractivity contribution < 1.29 is 14.5 Å². The van der Waals surface area contributed by atoms with E-state index in [2.05, 4.69) is 10.1 Å². The summed E-state index contributed by atoms with van der Waals surface area (Å²) in [6.45, 7) is 1.63. The lowest BCUT2D eigenvalue weighted by Gasteiger charge is -2.08. The van der Waals surface area contributed by atoms with Gasteiger partial charge in [0.05, 0.1) is 12.0 Å². The zero-order chi connectivity index (χ0) is 12.1. The molecule has 0 saturated carbocycles. The van der Waals surface area contributed by atoms with E-state index < -0.39 is 10.9 Å². The average molecular weight is 224 g/mol. The number of carbonyl (C=O) groups is 1. The number of anilines is 1. The fourth-order valence-electron chi connectivity index (χ4n) is 1.27. The van der Waals surface area contributed by atoms with Gasteiger partial charge in [-0.05, 0) is 12.5 Å². The van der Waals surface area contributed by atoms with Crippen LogP contribution in [0.3, 0.4) is 0 Å². The molecular weight excluding hydrogens is 212 g/mol. The number of esters is 1. The number of nitrogens with zero attached hydrogens (tertiary/aromatic N) is 1. The Hall–Kier alpha value is -2.11. The zero-order valence-corrected chi connectivity index (χ0v) is 9.02. The van der Waals surface area contributed by atoms with E-state index in [4.69, 9.17) is 0 Å². The first-order chi connectivity index (χ1) is 7.56. The zero-order valence-electron chi connectivity index (χ0n) is 9.02. The smallest absolute Gasteiger partial charge is 0.325 e. The molecule has 0 atom stereocenters. The summed E-state index contributed by atoms with van der Waals surface area (Å²) in [5.41, 5.74) is 1.000. The van der Waals surface area contributed by atoms with Crippen LogP contribution in [0.15, 0.2) is 18.2 Å². The molecule has 0 spiro atoms. The molecule has 6 heteroatoms. The van der Waals surface area contributed by atoms with Gasteiger partial charge in [-0.1, -0.05) is 12.1 Å². The molecule has 0 radical (unpaired) electrons. The Kier molecular flexibility index (Phi) is 3.82. The van der Waals surface area contributed by atoms with Gasteiger partial charge in [0.15, 0.2) is 0 Å². The topological polar surface area (TPSA) is 81.5 Å². The van der Waals surface area contributed by atoms with Gasteiger partial charge < -0.3 is 10.1 Å². The third-order valence-electron chi connectivity index (χ3n) is 2.08. The molecule has 6 nitrogen and oxygen atoms in total. The van der Waals surface area contributed by atoms with Gasteiger partial charge in [0, 0.05) is 6.07 Å². The summed E-state index contributed by atoms with van der Waals surface area (Å²) >= 11 is 0. The predicted molar refractivity (Wildman–Crippen MR) is 58.3 cm³/mol. The number of rotatable bonds is 4. The van der Waals surface area contributed by atoms with Gasteiger partial charge >= 0.3 is 5.97 Å². The standard InChI is InChI=1S/C10H12N2O4/c1-7-4-3-5-8(12(14)15)10(7)11-6-9(13)16-2/h3-5,11H,6H2,1-2H3. The minimum absolute atomic E-state index is 0.0519. The number of nitrogens with one attached hydrogen (secondary N) is 1. The molecule has 0 amide bonds. The van der Waals surface area contributed by atoms with Crippen molar-refractivity contribution in [3.63, 3.8) is 0 Å². The molecule has 86 valence electrons. The summed E-state index contributed by atoms with van der Waals surface area (Å²) in [6.07, 6.45) is 0. The van der Waals surface area contributed by atoms with Crippen molar-refractivity contribution in [3.8, 4) is 0 Å². The van der Waals surface area contributed by atoms with Gasteiger partial charge in [0.25, 0.3) is 5.69 Å². The van der Waals surface area contributed by atoms with Crippen LogP contribution < -0.4 is 5.32 Å². The molecule has 1 N–H and O–H groups in total. The number of nitro benzene ring substituents is 1. The third kappa shape index (κ3) is 2.69. The summed E-state index contributed by atoms with van der Waals surface area (Å²) in [6, 6.07) is 4.70. The van der Waals surface area contributed by atoms with Crippen molar-refractivity contribution in [2.75, 3.05) is 19.0 Å². The molecule has 0 aliphatic carbocycles. The van der Waals surface area contributed by atoms with E-state index in [1.54, 1.807) is 19.1 Å². The molecule has 0 aliphatic rings. The lowest BCUT2D eigenvalue weighted by atomic mass is 10.1. The lowest BCUT2D eigenvalue weighted by Crippen LogP contribution is -2.16. The predicted octanol–water partition coefficient (Wildman–Crippen LogP) is 1.49. The molecule has 0 bridgehead atoms. The Balaban J connectivity index is 2.93. The van der Waals surface area contributed by atoms with E-state index in [1.807, 2.05) is 0 Å². The van der Waals surface area contributed by atoms with E-state index in [0.29, 0.717) is 11.3 Å². The Morgan fingerprint density at radius 1 is 1.56 bits per heavy atom. The highest BCUT2D eigenvalue weighted by Gasteiger charge is 2.15. The van der Waals surface area contributed by atoms with E-state index in [0.717, 1.165) is 0 Å². The number of methoxy groups -OCH3 is 1. The van der Waals surface area contributed by atoms with Gasteiger partial charge in [-0.25, -0.2) is 0 Å². The first kappa shape index (κ1) is 12.0. The van der Waals surface area contributed by atoms with Crippen molar-refractivity contribution in [2.45, 2.75) is 6.92 Å². The second-order valence-corrected chi connectivity index (χ2v) is 3.16. The minimum Gasteiger partial charge on any atom is -0.468 e. The van der Waals surface area contributed by atoms with Crippen LogP contribution in [0.2, 0.25) is 0 Å².